The maximum Gasteiger partial charge on any atom is 0.261 e. The summed E-state index contributed by atoms with van der Waals surface area (Å²) in [6, 6.07) is 17.8. The van der Waals surface area contributed by atoms with E-state index < -0.39 is 23.0 Å². The first kappa shape index (κ1) is 34.5. The normalized spacial score (nSPS) is 13.7. The highest BCUT2D eigenvalue weighted by atomic mass is 19.1. The molecular formula is C39H36F2N6O5. The standard InChI is InChI=1S/C39H36F2N6O5/c1-45-16-18-46(19-17-45)15-4-20-51-36-23-32-29(22-35(36)50-2)33(12-14-42-32)52-34-11-8-26(21-31(34)41)44-39(49)30-24-47(27-9-6-25(40)7-10-27)38-28(37(30)48)5-3-13-43-38/h3,5-14,21-24H,4,15-20H2,1-2H3,(H,44,49). The molecule has 1 aliphatic rings. The van der Waals surface area contributed by atoms with Crippen LogP contribution >= 0.6 is 0 Å². The first-order chi connectivity index (χ1) is 25.3. The van der Waals surface area contributed by atoms with Crippen LogP contribution in [0.5, 0.6) is 23.0 Å². The number of piperazine rings is 1. The van der Waals surface area contributed by atoms with Crippen LogP contribution in [0.15, 0.2) is 96.2 Å². The third-order valence-corrected chi connectivity index (χ3v) is 8.98. The summed E-state index contributed by atoms with van der Waals surface area (Å²) in [6.45, 7) is 5.69. The second-order valence-electron chi connectivity index (χ2n) is 12.5. The number of ether oxygens (including phenoxy) is 3. The van der Waals surface area contributed by atoms with E-state index in [-0.39, 0.29) is 22.4 Å². The molecule has 1 aliphatic heterocycles. The van der Waals surface area contributed by atoms with E-state index in [1.54, 1.807) is 43.6 Å². The number of fused-ring (bicyclic) bond motifs is 2. The van der Waals surface area contributed by atoms with Crippen LogP contribution < -0.4 is 25.0 Å². The molecule has 4 heterocycles. The van der Waals surface area contributed by atoms with Crippen molar-refractivity contribution in [1.29, 1.82) is 0 Å². The summed E-state index contributed by atoms with van der Waals surface area (Å²) >= 11 is 0. The molecule has 0 saturated carbocycles. The van der Waals surface area contributed by atoms with E-state index in [1.807, 2.05) is 0 Å². The van der Waals surface area contributed by atoms with E-state index in [1.165, 1.54) is 53.4 Å². The quantitative estimate of drug-likeness (QED) is 0.156. The largest absolute Gasteiger partial charge is 0.493 e. The van der Waals surface area contributed by atoms with E-state index in [9.17, 15) is 14.0 Å². The Kier molecular flexibility index (Phi) is 10.0. The number of anilines is 1. The number of benzene rings is 3. The summed E-state index contributed by atoms with van der Waals surface area (Å²) < 4.78 is 48.4. The fraction of sp³-hybridized carbons (Fsp3) is 0.231. The minimum absolute atomic E-state index is 0.0934. The molecule has 0 unspecified atom stereocenters. The number of aromatic nitrogens is 3. The molecule has 52 heavy (non-hydrogen) atoms. The number of carbonyl (C=O) groups is 1. The average molecular weight is 707 g/mol. The molecule has 1 saturated heterocycles. The van der Waals surface area contributed by atoms with Gasteiger partial charge < -0.3 is 33.9 Å². The molecule has 7 rings (SSSR count). The molecule has 0 atom stereocenters. The molecule has 13 heteroatoms. The van der Waals surface area contributed by atoms with Gasteiger partial charge in [0.2, 0.25) is 5.43 Å². The molecular weight excluding hydrogens is 670 g/mol. The van der Waals surface area contributed by atoms with Crippen molar-refractivity contribution in [2.45, 2.75) is 6.42 Å². The van der Waals surface area contributed by atoms with Gasteiger partial charge in [-0.05, 0) is 74.1 Å². The van der Waals surface area contributed by atoms with Crippen LogP contribution in [0.2, 0.25) is 0 Å². The topological polar surface area (TPSA) is 111 Å². The average Bonchev–Trinajstić information content (AvgIpc) is 3.15. The van der Waals surface area contributed by atoms with Gasteiger partial charge in [-0.25, -0.2) is 13.8 Å². The summed E-state index contributed by atoms with van der Waals surface area (Å²) in [5, 5.41) is 3.38. The van der Waals surface area contributed by atoms with Crippen LogP contribution in [0.3, 0.4) is 0 Å². The van der Waals surface area contributed by atoms with Crippen LogP contribution in [0.25, 0.3) is 27.6 Å². The van der Waals surface area contributed by atoms with E-state index >= 15 is 4.39 Å². The molecule has 0 aliphatic carbocycles. The van der Waals surface area contributed by atoms with Crippen LogP contribution in [-0.4, -0.2) is 83.7 Å². The number of nitrogens with zero attached hydrogens (tertiary/aromatic N) is 5. The van der Waals surface area contributed by atoms with Crippen molar-refractivity contribution in [3.8, 4) is 28.7 Å². The van der Waals surface area contributed by atoms with Crippen molar-refractivity contribution in [2.24, 2.45) is 0 Å². The van der Waals surface area contributed by atoms with Gasteiger partial charge in [0, 0.05) is 80.2 Å². The molecule has 3 aromatic carbocycles. The molecule has 0 bridgehead atoms. The summed E-state index contributed by atoms with van der Waals surface area (Å²) in [7, 11) is 3.69. The van der Waals surface area contributed by atoms with Crippen LogP contribution in [-0.2, 0) is 0 Å². The van der Waals surface area contributed by atoms with Crippen LogP contribution in [0.4, 0.5) is 14.5 Å². The maximum atomic E-state index is 15.5. The number of methoxy groups -OCH3 is 1. The number of amides is 1. The Morgan fingerprint density at radius 1 is 0.865 bits per heavy atom. The Morgan fingerprint density at radius 2 is 1.67 bits per heavy atom. The number of likely N-dealkylation sites (N-methyl/N-ethyl adjacent to an activating group) is 1. The molecule has 266 valence electrons. The van der Waals surface area contributed by atoms with Crippen molar-refractivity contribution in [3.05, 3.63) is 119 Å². The molecule has 6 aromatic rings. The third kappa shape index (κ3) is 7.41. The van der Waals surface area contributed by atoms with Gasteiger partial charge in [-0.1, -0.05) is 0 Å². The van der Waals surface area contributed by atoms with Gasteiger partial charge in [0.05, 0.1) is 24.6 Å². The van der Waals surface area contributed by atoms with E-state index in [4.69, 9.17) is 14.2 Å². The Morgan fingerprint density at radius 3 is 2.44 bits per heavy atom. The highest BCUT2D eigenvalue weighted by molar-refractivity contribution is 6.05. The lowest BCUT2D eigenvalue weighted by Crippen LogP contribution is -2.44. The van der Waals surface area contributed by atoms with Gasteiger partial charge in [-0.15, -0.1) is 0 Å². The molecule has 1 fully saturated rings. The van der Waals surface area contributed by atoms with Crippen molar-refractivity contribution >= 4 is 33.5 Å². The number of halogens is 2. The SMILES string of the molecule is COc1cc2c(Oc3ccc(NC(=O)c4cn(-c5ccc(F)cc5)c5ncccc5c4=O)cc3F)ccnc2cc1OCCCN1CCN(C)CC1. The summed E-state index contributed by atoms with van der Waals surface area (Å²) in [6.07, 6.45) is 5.28. The van der Waals surface area contributed by atoms with Crippen molar-refractivity contribution < 1.29 is 27.8 Å². The number of pyridine rings is 3. The lowest BCUT2D eigenvalue weighted by Gasteiger charge is -2.32. The monoisotopic (exact) mass is 706 g/mol. The summed E-state index contributed by atoms with van der Waals surface area (Å²) in [4.78, 5) is 40.3. The fourth-order valence-corrected chi connectivity index (χ4v) is 6.13. The number of rotatable bonds is 11. The van der Waals surface area contributed by atoms with Gasteiger partial charge in [0.1, 0.15) is 22.8 Å². The van der Waals surface area contributed by atoms with E-state index in [0.717, 1.165) is 45.2 Å². The minimum atomic E-state index is -0.760. The van der Waals surface area contributed by atoms with Crippen molar-refractivity contribution in [1.82, 2.24) is 24.3 Å². The number of hydrogen-bond donors (Lipinski definition) is 1. The molecule has 11 nitrogen and oxygen atoms in total. The van der Waals surface area contributed by atoms with E-state index in [0.29, 0.717) is 46.1 Å². The lowest BCUT2D eigenvalue weighted by atomic mass is 10.1. The highest BCUT2D eigenvalue weighted by Gasteiger charge is 2.19. The number of carbonyl (C=O) groups excluding carboxylic acids is 1. The van der Waals surface area contributed by atoms with Crippen LogP contribution in [0.1, 0.15) is 16.8 Å². The zero-order valence-corrected chi connectivity index (χ0v) is 28.6. The number of hydrogen-bond acceptors (Lipinski definition) is 9. The Hall–Kier alpha value is -5.92. The van der Waals surface area contributed by atoms with Gasteiger partial charge in [-0.3, -0.25) is 14.6 Å². The lowest BCUT2D eigenvalue weighted by molar-refractivity contribution is 0.102. The predicted molar refractivity (Wildman–Crippen MR) is 194 cm³/mol. The Balaban J connectivity index is 1.07. The fourth-order valence-electron chi connectivity index (χ4n) is 6.13. The summed E-state index contributed by atoms with van der Waals surface area (Å²) in [5.74, 6) is -0.655. The van der Waals surface area contributed by atoms with Gasteiger partial charge in [0.15, 0.2) is 23.1 Å². The van der Waals surface area contributed by atoms with Crippen LogP contribution in [0, 0.1) is 11.6 Å². The van der Waals surface area contributed by atoms with Gasteiger partial charge >= 0.3 is 0 Å². The predicted octanol–water partition coefficient (Wildman–Crippen LogP) is 6.28. The molecule has 3 aromatic heterocycles. The molecule has 1 N–H and O–H groups in total. The minimum Gasteiger partial charge on any atom is -0.493 e. The zero-order valence-electron chi connectivity index (χ0n) is 28.6. The first-order valence-electron chi connectivity index (χ1n) is 16.8. The first-order valence-corrected chi connectivity index (χ1v) is 16.8. The highest BCUT2D eigenvalue weighted by Crippen LogP contribution is 2.38. The zero-order chi connectivity index (χ0) is 36.2. The molecule has 0 spiro atoms. The van der Waals surface area contributed by atoms with E-state index in [2.05, 4.69) is 32.1 Å². The second-order valence-corrected chi connectivity index (χ2v) is 12.5. The van der Waals surface area contributed by atoms with Crippen molar-refractivity contribution in [3.63, 3.8) is 0 Å². The Bertz CT molecular complexity index is 2310. The van der Waals surface area contributed by atoms with Crippen molar-refractivity contribution in [2.75, 3.05) is 58.8 Å². The summed E-state index contributed by atoms with van der Waals surface area (Å²) in [5.41, 5.74) is 0.705. The Labute approximate surface area is 298 Å². The van der Waals surface area contributed by atoms with Gasteiger partial charge in [-0.2, -0.15) is 0 Å². The maximum absolute atomic E-state index is 15.5. The smallest absolute Gasteiger partial charge is 0.261 e. The molecule has 0 radical (unpaired) electrons. The molecule has 1 amide bonds. The van der Waals surface area contributed by atoms with Gasteiger partial charge in [0.25, 0.3) is 5.91 Å². The second kappa shape index (κ2) is 15.1. The third-order valence-electron chi connectivity index (χ3n) is 8.98. The number of nitrogens with one attached hydrogen (secondary N) is 1.